The van der Waals surface area contributed by atoms with E-state index in [2.05, 4.69) is 4.90 Å². The standard InChI is InChI=1S/C27H25F4N3O2/c1-32-15-16-34-22(24(35)27(29,30)31)9-10-23(34)26(32)11-13-33(14-12-26)25(36)19-7-8-20(21(28)17-19)18-5-3-2-4-6-18/h2-10,17H,11-16H2,1H3. The summed E-state index contributed by atoms with van der Waals surface area (Å²) in [5, 5.41) is 0. The van der Waals surface area contributed by atoms with Crippen LogP contribution in [0.15, 0.2) is 60.7 Å². The molecule has 3 aromatic rings. The molecule has 0 saturated carbocycles. The molecule has 9 heteroatoms. The van der Waals surface area contributed by atoms with Crippen LogP contribution in [-0.4, -0.2) is 58.9 Å². The largest absolute Gasteiger partial charge is 0.456 e. The molecule has 0 radical (unpaired) electrons. The van der Waals surface area contributed by atoms with E-state index in [9.17, 15) is 27.2 Å². The number of fused-ring (bicyclic) bond motifs is 2. The van der Waals surface area contributed by atoms with Crippen molar-refractivity contribution in [3.8, 4) is 11.1 Å². The summed E-state index contributed by atoms with van der Waals surface area (Å²) in [6, 6.07) is 16.4. The minimum atomic E-state index is -4.94. The van der Waals surface area contributed by atoms with E-state index in [1.165, 1.54) is 16.7 Å². The predicted octanol–water partition coefficient (Wildman–Crippen LogP) is 5.12. The number of Topliss-reactive ketones (excluding diaryl/α,β-unsaturated/α-hetero) is 1. The highest BCUT2D eigenvalue weighted by Crippen LogP contribution is 2.42. The maximum absolute atomic E-state index is 14.8. The fourth-order valence-corrected chi connectivity index (χ4v) is 5.52. The van der Waals surface area contributed by atoms with Gasteiger partial charge in [0, 0.05) is 43.0 Å². The first-order valence-electron chi connectivity index (χ1n) is 11.8. The SMILES string of the molecule is CN1CCn2c(C(=O)C(F)(F)F)ccc2C12CCN(C(=O)c1ccc(-c3ccccc3)c(F)c1)CC2. The zero-order chi connectivity index (χ0) is 25.7. The van der Waals surface area contributed by atoms with Crippen LogP contribution in [0.2, 0.25) is 0 Å². The molecule has 1 saturated heterocycles. The van der Waals surface area contributed by atoms with Crippen LogP contribution < -0.4 is 0 Å². The Kier molecular flexibility index (Phi) is 5.98. The number of carbonyl (C=O) groups excluding carboxylic acids is 2. The molecule has 1 spiro atoms. The Hall–Kier alpha value is -3.46. The number of rotatable bonds is 3. The molecule has 0 aliphatic carbocycles. The van der Waals surface area contributed by atoms with Crippen molar-refractivity contribution in [1.29, 1.82) is 0 Å². The minimum Gasteiger partial charge on any atom is -0.339 e. The van der Waals surface area contributed by atoms with Gasteiger partial charge in [0.1, 0.15) is 5.82 Å². The second-order valence-electron chi connectivity index (χ2n) is 9.39. The van der Waals surface area contributed by atoms with Gasteiger partial charge in [0.15, 0.2) is 0 Å². The van der Waals surface area contributed by atoms with Gasteiger partial charge in [-0.05, 0) is 49.7 Å². The maximum atomic E-state index is 14.8. The van der Waals surface area contributed by atoms with E-state index in [-0.39, 0.29) is 23.7 Å². The van der Waals surface area contributed by atoms with E-state index in [4.69, 9.17) is 0 Å². The average molecular weight is 500 g/mol. The highest BCUT2D eigenvalue weighted by Gasteiger charge is 2.47. The number of aromatic nitrogens is 1. The van der Waals surface area contributed by atoms with E-state index in [1.54, 1.807) is 35.2 Å². The Labute approximate surface area is 205 Å². The smallest absolute Gasteiger partial charge is 0.339 e. The fraction of sp³-hybridized carbons (Fsp3) is 0.333. The summed E-state index contributed by atoms with van der Waals surface area (Å²) < 4.78 is 55.6. The first-order valence-corrected chi connectivity index (χ1v) is 11.8. The third-order valence-corrected chi connectivity index (χ3v) is 7.52. The number of ketones is 1. The van der Waals surface area contributed by atoms with Gasteiger partial charge < -0.3 is 9.47 Å². The van der Waals surface area contributed by atoms with Crippen molar-refractivity contribution in [2.75, 3.05) is 26.7 Å². The van der Waals surface area contributed by atoms with Crippen LogP contribution in [0.5, 0.6) is 0 Å². The molecule has 0 atom stereocenters. The van der Waals surface area contributed by atoms with Crippen LogP contribution in [0.4, 0.5) is 17.6 Å². The number of piperidine rings is 1. The Morgan fingerprint density at radius 2 is 1.58 bits per heavy atom. The van der Waals surface area contributed by atoms with Crippen molar-refractivity contribution in [1.82, 2.24) is 14.4 Å². The molecule has 0 unspecified atom stereocenters. The molecule has 2 aromatic carbocycles. The van der Waals surface area contributed by atoms with E-state index in [0.717, 1.165) is 5.56 Å². The van der Waals surface area contributed by atoms with Gasteiger partial charge in [-0.25, -0.2) is 4.39 Å². The normalized spacial score (nSPS) is 17.8. The van der Waals surface area contributed by atoms with Crippen molar-refractivity contribution in [2.24, 2.45) is 0 Å². The van der Waals surface area contributed by atoms with Crippen LogP contribution >= 0.6 is 0 Å². The molecular weight excluding hydrogens is 474 g/mol. The van der Waals surface area contributed by atoms with Gasteiger partial charge in [0.05, 0.1) is 11.2 Å². The molecular formula is C27H25F4N3O2. The summed E-state index contributed by atoms with van der Waals surface area (Å²) in [7, 11) is 1.91. The van der Waals surface area contributed by atoms with Crippen LogP contribution in [-0.2, 0) is 12.1 Å². The molecule has 2 aliphatic rings. The van der Waals surface area contributed by atoms with Crippen molar-refractivity contribution in [2.45, 2.75) is 31.1 Å². The molecule has 1 aromatic heterocycles. The van der Waals surface area contributed by atoms with E-state index in [0.29, 0.717) is 43.7 Å². The Morgan fingerprint density at radius 1 is 0.889 bits per heavy atom. The minimum absolute atomic E-state index is 0.251. The third kappa shape index (κ3) is 4.01. The monoisotopic (exact) mass is 499 g/mol. The summed E-state index contributed by atoms with van der Waals surface area (Å²) in [6.07, 6.45) is -3.96. The second-order valence-corrected chi connectivity index (χ2v) is 9.39. The van der Waals surface area contributed by atoms with E-state index in [1.807, 2.05) is 25.2 Å². The summed E-state index contributed by atoms with van der Waals surface area (Å²) in [5.41, 5.74) is 1.12. The van der Waals surface area contributed by atoms with Gasteiger partial charge in [-0.15, -0.1) is 0 Å². The highest BCUT2D eigenvalue weighted by atomic mass is 19.4. The topological polar surface area (TPSA) is 45.6 Å². The van der Waals surface area contributed by atoms with Crippen LogP contribution in [0.3, 0.4) is 0 Å². The molecule has 5 nitrogen and oxygen atoms in total. The zero-order valence-electron chi connectivity index (χ0n) is 19.7. The first-order chi connectivity index (χ1) is 17.1. The molecule has 188 valence electrons. The third-order valence-electron chi connectivity index (χ3n) is 7.52. The second kappa shape index (κ2) is 8.89. The molecule has 1 fully saturated rings. The summed E-state index contributed by atoms with van der Waals surface area (Å²) in [5.74, 6) is -2.61. The number of benzene rings is 2. The van der Waals surface area contributed by atoms with Gasteiger partial charge in [0.2, 0.25) is 0 Å². The number of amides is 1. The number of nitrogens with zero attached hydrogens (tertiary/aromatic N) is 3. The number of likely N-dealkylation sites (tertiary alicyclic amines) is 1. The lowest BCUT2D eigenvalue weighted by Crippen LogP contribution is -2.56. The summed E-state index contributed by atoms with van der Waals surface area (Å²) in [4.78, 5) is 28.9. The van der Waals surface area contributed by atoms with Gasteiger partial charge in [-0.1, -0.05) is 36.4 Å². The Bertz CT molecular complexity index is 1310. The van der Waals surface area contributed by atoms with E-state index < -0.39 is 23.3 Å². The van der Waals surface area contributed by atoms with Gasteiger partial charge >= 0.3 is 6.18 Å². The maximum Gasteiger partial charge on any atom is 0.456 e. The Morgan fingerprint density at radius 3 is 2.22 bits per heavy atom. The number of hydrogen-bond acceptors (Lipinski definition) is 3. The molecule has 0 bridgehead atoms. The molecule has 36 heavy (non-hydrogen) atoms. The first kappa shape index (κ1) is 24.2. The molecule has 3 heterocycles. The quantitative estimate of drug-likeness (QED) is 0.372. The van der Waals surface area contributed by atoms with Crippen molar-refractivity contribution >= 4 is 11.7 Å². The molecule has 1 amide bonds. The lowest BCUT2D eigenvalue weighted by atomic mass is 9.81. The van der Waals surface area contributed by atoms with Crippen LogP contribution in [0.1, 0.15) is 39.4 Å². The molecule has 2 aliphatic heterocycles. The Balaban J connectivity index is 1.35. The van der Waals surface area contributed by atoms with Crippen LogP contribution in [0.25, 0.3) is 11.1 Å². The van der Waals surface area contributed by atoms with E-state index >= 15 is 0 Å². The molecule has 5 rings (SSSR count). The van der Waals surface area contributed by atoms with Gasteiger partial charge in [0.25, 0.3) is 11.7 Å². The average Bonchev–Trinajstić information content (AvgIpc) is 3.31. The number of likely N-dealkylation sites (N-methyl/N-ethyl adjacent to an activating group) is 1. The number of hydrogen-bond donors (Lipinski definition) is 0. The van der Waals surface area contributed by atoms with Gasteiger partial charge in [-0.3, -0.25) is 14.5 Å². The highest BCUT2D eigenvalue weighted by molar-refractivity contribution is 5.99. The number of alkyl halides is 3. The number of halogens is 4. The lowest BCUT2D eigenvalue weighted by molar-refractivity contribution is -0.0892. The van der Waals surface area contributed by atoms with Crippen LogP contribution in [0, 0.1) is 5.82 Å². The lowest BCUT2D eigenvalue weighted by Gasteiger charge is -2.50. The van der Waals surface area contributed by atoms with Gasteiger partial charge in [-0.2, -0.15) is 13.2 Å². The van der Waals surface area contributed by atoms with Crippen molar-refractivity contribution < 1.29 is 27.2 Å². The van der Waals surface area contributed by atoms with Crippen molar-refractivity contribution in [3.63, 3.8) is 0 Å². The zero-order valence-corrected chi connectivity index (χ0v) is 19.7. The summed E-state index contributed by atoms with van der Waals surface area (Å²) >= 11 is 0. The van der Waals surface area contributed by atoms with Crippen molar-refractivity contribution in [3.05, 3.63) is 83.4 Å². The fourth-order valence-electron chi connectivity index (χ4n) is 5.52. The predicted molar refractivity (Wildman–Crippen MR) is 126 cm³/mol. The number of carbonyl (C=O) groups is 2. The summed E-state index contributed by atoms with van der Waals surface area (Å²) in [6.45, 7) is 1.49. The molecule has 0 N–H and O–H groups in total.